The predicted octanol–water partition coefficient (Wildman–Crippen LogP) is 3.89. The Bertz CT molecular complexity index is 1050. The van der Waals surface area contributed by atoms with Crippen molar-refractivity contribution >= 4 is 33.2 Å². The highest BCUT2D eigenvalue weighted by molar-refractivity contribution is 7.89. The standard InChI is InChI=1S/C18H16Cl2N4O2S/c19-15-7-4-8-16(20)18(15)27(25,26)23-10-9-14(11-23)24-12-17(21-22-24)13-5-2-1-3-6-13/h1-8,12,14H,9-11H2. The smallest absolute Gasteiger partial charge is 0.246 e. The van der Waals surface area contributed by atoms with Gasteiger partial charge >= 0.3 is 0 Å². The monoisotopic (exact) mass is 422 g/mol. The first-order valence-electron chi connectivity index (χ1n) is 8.38. The summed E-state index contributed by atoms with van der Waals surface area (Å²) in [6.07, 6.45) is 2.48. The number of hydrogen-bond donors (Lipinski definition) is 0. The van der Waals surface area contributed by atoms with E-state index in [1.54, 1.807) is 10.7 Å². The van der Waals surface area contributed by atoms with Crippen LogP contribution in [-0.2, 0) is 10.0 Å². The van der Waals surface area contributed by atoms with Crippen molar-refractivity contribution in [2.75, 3.05) is 13.1 Å². The van der Waals surface area contributed by atoms with Crippen LogP contribution in [0.25, 0.3) is 11.3 Å². The van der Waals surface area contributed by atoms with Crippen molar-refractivity contribution in [3.05, 3.63) is 64.8 Å². The van der Waals surface area contributed by atoms with Gasteiger partial charge in [0.2, 0.25) is 10.0 Å². The molecule has 0 amide bonds. The van der Waals surface area contributed by atoms with E-state index in [2.05, 4.69) is 10.3 Å². The molecule has 27 heavy (non-hydrogen) atoms. The van der Waals surface area contributed by atoms with Crippen LogP contribution in [0.5, 0.6) is 0 Å². The third-order valence-corrected chi connectivity index (χ3v) is 7.42. The van der Waals surface area contributed by atoms with Gasteiger partial charge in [-0.1, -0.05) is 64.8 Å². The zero-order chi connectivity index (χ0) is 19.0. The molecule has 0 saturated carbocycles. The van der Waals surface area contributed by atoms with Crippen LogP contribution in [0, 0.1) is 0 Å². The van der Waals surface area contributed by atoms with Gasteiger partial charge in [0.05, 0.1) is 22.3 Å². The maximum Gasteiger partial charge on any atom is 0.246 e. The van der Waals surface area contributed by atoms with Crippen molar-refractivity contribution in [3.63, 3.8) is 0 Å². The maximum atomic E-state index is 13.0. The van der Waals surface area contributed by atoms with E-state index in [0.717, 1.165) is 11.3 Å². The fraction of sp³-hybridized carbons (Fsp3) is 0.222. The Labute approximate surface area is 167 Å². The van der Waals surface area contributed by atoms with E-state index in [4.69, 9.17) is 23.2 Å². The molecule has 1 atom stereocenters. The molecular weight excluding hydrogens is 407 g/mol. The molecule has 1 aromatic heterocycles. The minimum absolute atomic E-state index is 0.0439. The van der Waals surface area contributed by atoms with E-state index in [1.807, 2.05) is 36.5 Å². The highest BCUT2D eigenvalue weighted by Crippen LogP contribution is 2.34. The summed E-state index contributed by atoms with van der Waals surface area (Å²) in [5.74, 6) is 0. The molecule has 1 saturated heterocycles. The van der Waals surface area contributed by atoms with E-state index in [0.29, 0.717) is 19.5 Å². The molecule has 4 rings (SSSR count). The number of hydrogen-bond acceptors (Lipinski definition) is 4. The second-order valence-electron chi connectivity index (χ2n) is 6.31. The van der Waals surface area contributed by atoms with Gasteiger partial charge in [-0.25, -0.2) is 13.1 Å². The molecule has 0 radical (unpaired) electrons. The quantitative estimate of drug-likeness (QED) is 0.639. The summed E-state index contributed by atoms with van der Waals surface area (Å²) in [4.78, 5) is -0.0439. The molecule has 1 unspecified atom stereocenters. The Morgan fingerprint density at radius 1 is 1.00 bits per heavy atom. The van der Waals surface area contributed by atoms with Gasteiger partial charge in [-0.3, -0.25) is 0 Å². The summed E-state index contributed by atoms with van der Waals surface area (Å²) in [7, 11) is -3.78. The Morgan fingerprint density at radius 3 is 2.41 bits per heavy atom. The average molecular weight is 423 g/mol. The first-order chi connectivity index (χ1) is 13.0. The third-order valence-electron chi connectivity index (χ3n) is 4.60. The predicted molar refractivity (Wildman–Crippen MR) is 104 cm³/mol. The average Bonchev–Trinajstić information content (AvgIpc) is 3.32. The lowest BCUT2D eigenvalue weighted by Gasteiger charge is -2.18. The summed E-state index contributed by atoms with van der Waals surface area (Å²) in [6.45, 7) is 0.663. The Hall–Kier alpha value is -1.93. The van der Waals surface area contributed by atoms with Gasteiger partial charge in [0.15, 0.2) is 0 Å². The number of halogens is 2. The molecule has 2 heterocycles. The molecule has 140 valence electrons. The van der Waals surface area contributed by atoms with Crippen LogP contribution in [0.4, 0.5) is 0 Å². The van der Waals surface area contributed by atoms with Crippen LogP contribution in [0.2, 0.25) is 10.0 Å². The van der Waals surface area contributed by atoms with Gasteiger partial charge in [-0.2, -0.15) is 4.31 Å². The molecule has 2 aromatic carbocycles. The van der Waals surface area contributed by atoms with Crippen LogP contribution in [-0.4, -0.2) is 40.8 Å². The fourth-order valence-electron chi connectivity index (χ4n) is 3.20. The van der Waals surface area contributed by atoms with Crippen LogP contribution < -0.4 is 0 Å². The van der Waals surface area contributed by atoms with Crippen LogP contribution in [0.15, 0.2) is 59.6 Å². The summed E-state index contributed by atoms with van der Waals surface area (Å²) in [5.41, 5.74) is 1.72. The summed E-state index contributed by atoms with van der Waals surface area (Å²) < 4.78 is 29.1. The minimum atomic E-state index is -3.78. The molecule has 9 heteroatoms. The Balaban J connectivity index is 1.57. The second kappa shape index (κ2) is 7.24. The molecule has 3 aromatic rings. The lowest BCUT2D eigenvalue weighted by atomic mass is 10.2. The summed E-state index contributed by atoms with van der Waals surface area (Å²) in [6, 6.07) is 14.3. The molecule has 0 aliphatic carbocycles. The lowest BCUT2D eigenvalue weighted by Crippen LogP contribution is -2.29. The number of nitrogens with zero attached hydrogens (tertiary/aromatic N) is 4. The van der Waals surface area contributed by atoms with Crippen LogP contribution in [0.3, 0.4) is 0 Å². The van der Waals surface area contributed by atoms with E-state index in [1.165, 1.54) is 16.4 Å². The number of sulfonamides is 1. The van der Waals surface area contributed by atoms with Crippen molar-refractivity contribution in [1.82, 2.24) is 19.3 Å². The lowest BCUT2D eigenvalue weighted by molar-refractivity contribution is 0.428. The topological polar surface area (TPSA) is 68.1 Å². The van der Waals surface area contributed by atoms with Gasteiger partial charge in [0, 0.05) is 18.7 Å². The van der Waals surface area contributed by atoms with Crippen LogP contribution >= 0.6 is 23.2 Å². The molecular formula is C18H16Cl2N4O2S. The van der Waals surface area contributed by atoms with Crippen LogP contribution in [0.1, 0.15) is 12.5 Å². The Kier molecular flexibility index (Phi) is 4.94. The van der Waals surface area contributed by atoms with Crippen molar-refractivity contribution in [3.8, 4) is 11.3 Å². The molecule has 1 fully saturated rings. The summed E-state index contributed by atoms with van der Waals surface area (Å²) in [5, 5.41) is 8.65. The SMILES string of the molecule is O=S(=O)(c1c(Cl)cccc1Cl)N1CCC(n2cc(-c3ccccc3)nn2)C1. The molecule has 6 nitrogen and oxygen atoms in total. The van der Waals surface area contributed by atoms with Gasteiger partial charge in [0.25, 0.3) is 0 Å². The first kappa shape index (κ1) is 18.4. The zero-order valence-electron chi connectivity index (χ0n) is 14.2. The van der Waals surface area contributed by atoms with Gasteiger partial charge in [-0.15, -0.1) is 5.10 Å². The second-order valence-corrected chi connectivity index (χ2v) is 9.00. The molecule has 0 N–H and O–H groups in total. The zero-order valence-corrected chi connectivity index (χ0v) is 16.5. The molecule has 1 aliphatic heterocycles. The first-order valence-corrected chi connectivity index (χ1v) is 10.6. The summed E-state index contributed by atoms with van der Waals surface area (Å²) >= 11 is 12.2. The minimum Gasteiger partial charge on any atom is -0.247 e. The van der Waals surface area contributed by atoms with E-state index in [-0.39, 0.29) is 21.0 Å². The number of aromatic nitrogens is 3. The third kappa shape index (κ3) is 3.48. The number of rotatable bonds is 4. The highest BCUT2D eigenvalue weighted by atomic mass is 35.5. The van der Waals surface area contributed by atoms with E-state index < -0.39 is 10.0 Å². The molecule has 0 spiro atoms. The normalized spacial score (nSPS) is 18.1. The highest BCUT2D eigenvalue weighted by Gasteiger charge is 2.36. The largest absolute Gasteiger partial charge is 0.247 e. The van der Waals surface area contributed by atoms with Crippen molar-refractivity contribution in [2.45, 2.75) is 17.4 Å². The fourth-order valence-corrected chi connectivity index (χ4v) is 5.78. The maximum absolute atomic E-state index is 13.0. The van der Waals surface area contributed by atoms with Gasteiger partial charge in [0.1, 0.15) is 10.6 Å². The van der Waals surface area contributed by atoms with E-state index in [9.17, 15) is 8.42 Å². The number of benzene rings is 2. The van der Waals surface area contributed by atoms with Gasteiger partial charge < -0.3 is 0 Å². The molecule has 1 aliphatic rings. The Morgan fingerprint density at radius 2 is 1.70 bits per heavy atom. The van der Waals surface area contributed by atoms with Crippen molar-refractivity contribution < 1.29 is 8.42 Å². The van der Waals surface area contributed by atoms with E-state index >= 15 is 0 Å². The van der Waals surface area contributed by atoms with Crippen molar-refractivity contribution in [2.24, 2.45) is 0 Å². The van der Waals surface area contributed by atoms with Crippen molar-refractivity contribution in [1.29, 1.82) is 0 Å². The molecule has 0 bridgehead atoms. The van der Waals surface area contributed by atoms with Gasteiger partial charge in [-0.05, 0) is 18.6 Å².